The summed E-state index contributed by atoms with van der Waals surface area (Å²) in [6.45, 7) is 5.52. The van der Waals surface area contributed by atoms with Crippen LogP contribution in [0.1, 0.15) is 31.4 Å². The maximum absolute atomic E-state index is 13.9. The van der Waals surface area contributed by atoms with Crippen LogP contribution in [0.15, 0.2) is 23.2 Å². The Kier molecular flexibility index (Phi) is 9.01. The fourth-order valence-corrected chi connectivity index (χ4v) is 3.16. The molecule has 148 valence electrons. The topological polar surface area (TPSA) is 73.8 Å². The standard InChI is InChI=1S/C18H31FN4O2S/c1-6-20-18(22-14(2)9-10-26(5,24)25)21-12-15-7-8-17(19)16(11-15)13-23(3)4/h7-8,11,14H,6,9-10,12-13H2,1-5H3,(H2,20,21,22). The fourth-order valence-electron chi connectivity index (χ4n) is 2.38. The van der Waals surface area contributed by atoms with Crippen LogP contribution in [-0.2, 0) is 22.9 Å². The molecule has 0 saturated heterocycles. The Morgan fingerprint density at radius 1 is 1.35 bits per heavy atom. The molecule has 1 aromatic rings. The second-order valence-corrected chi connectivity index (χ2v) is 9.08. The maximum atomic E-state index is 13.9. The van der Waals surface area contributed by atoms with Crippen molar-refractivity contribution in [2.24, 2.45) is 4.99 Å². The number of benzene rings is 1. The van der Waals surface area contributed by atoms with E-state index in [1.807, 2.05) is 38.9 Å². The molecule has 0 spiro atoms. The molecule has 0 fully saturated rings. The van der Waals surface area contributed by atoms with Crippen molar-refractivity contribution in [3.63, 3.8) is 0 Å². The number of rotatable bonds is 9. The number of nitrogens with one attached hydrogen (secondary N) is 2. The summed E-state index contributed by atoms with van der Waals surface area (Å²) in [5.41, 5.74) is 1.56. The molecule has 1 aromatic carbocycles. The van der Waals surface area contributed by atoms with Gasteiger partial charge in [0.15, 0.2) is 5.96 Å². The first-order valence-corrected chi connectivity index (χ1v) is 10.8. The first kappa shape index (κ1) is 22.4. The van der Waals surface area contributed by atoms with Gasteiger partial charge in [-0.25, -0.2) is 17.8 Å². The van der Waals surface area contributed by atoms with Crippen LogP contribution in [0.5, 0.6) is 0 Å². The van der Waals surface area contributed by atoms with Gasteiger partial charge in [-0.3, -0.25) is 0 Å². The van der Waals surface area contributed by atoms with Crippen molar-refractivity contribution < 1.29 is 12.8 Å². The fraction of sp³-hybridized carbons (Fsp3) is 0.611. The summed E-state index contributed by atoms with van der Waals surface area (Å²) in [5.74, 6) is 0.532. The molecule has 0 aliphatic rings. The highest BCUT2D eigenvalue weighted by Crippen LogP contribution is 2.13. The van der Waals surface area contributed by atoms with Crippen LogP contribution in [0, 0.1) is 5.82 Å². The second-order valence-electron chi connectivity index (χ2n) is 6.82. The monoisotopic (exact) mass is 386 g/mol. The summed E-state index contributed by atoms with van der Waals surface area (Å²) in [5, 5.41) is 6.36. The summed E-state index contributed by atoms with van der Waals surface area (Å²) < 4.78 is 36.4. The predicted molar refractivity (Wildman–Crippen MR) is 106 cm³/mol. The number of aliphatic imine (C=N–C) groups is 1. The van der Waals surface area contributed by atoms with Gasteiger partial charge in [0.05, 0.1) is 12.3 Å². The van der Waals surface area contributed by atoms with Crippen LogP contribution in [0.25, 0.3) is 0 Å². The summed E-state index contributed by atoms with van der Waals surface area (Å²) in [7, 11) is 0.815. The lowest BCUT2D eigenvalue weighted by Crippen LogP contribution is -2.42. The lowest BCUT2D eigenvalue weighted by Gasteiger charge is -2.17. The largest absolute Gasteiger partial charge is 0.357 e. The van der Waals surface area contributed by atoms with E-state index >= 15 is 0 Å². The van der Waals surface area contributed by atoms with Crippen LogP contribution in [0.4, 0.5) is 4.39 Å². The van der Waals surface area contributed by atoms with Gasteiger partial charge in [0, 0.05) is 31.0 Å². The van der Waals surface area contributed by atoms with E-state index in [9.17, 15) is 12.8 Å². The number of hydrogen-bond acceptors (Lipinski definition) is 4. The van der Waals surface area contributed by atoms with Gasteiger partial charge in [-0.1, -0.05) is 6.07 Å². The Morgan fingerprint density at radius 3 is 2.62 bits per heavy atom. The average Bonchev–Trinajstić information content (AvgIpc) is 2.52. The minimum atomic E-state index is -2.98. The molecule has 0 aliphatic carbocycles. The van der Waals surface area contributed by atoms with Gasteiger partial charge in [0.25, 0.3) is 0 Å². The molecular formula is C18H31FN4O2S. The van der Waals surface area contributed by atoms with Gasteiger partial charge in [-0.05, 0) is 52.1 Å². The molecule has 1 unspecified atom stereocenters. The van der Waals surface area contributed by atoms with E-state index in [0.29, 0.717) is 37.6 Å². The Hall–Kier alpha value is -1.67. The van der Waals surface area contributed by atoms with E-state index in [0.717, 1.165) is 5.56 Å². The number of nitrogens with zero attached hydrogens (tertiary/aromatic N) is 2. The number of sulfone groups is 1. The van der Waals surface area contributed by atoms with E-state index in [1.165, 1.54) is 12.3 Å². The number of halogens is 1. The zero-order valence-corrected chi connectivity index (χ0v) is 17.2. The first-order valence-electron chi connectivity index (χ1n) is 8.75. The number of hydrogen-bond donors (Lipinski definition) is 2. The molecule has 1 atom stereocenters. The lowest BCUT2D eigenvalue weighted by atomic mass is 10.1. The van der Waals surface area contributed by atoms with Crippen molar-refractivity contribution in [3.05, 3.63) is 35.1 Å². The van der Waals surface area contributed by atoms with Crippen molar-refractivity contribution in [1.29, 1.82) is 0 Å². The summed E-state index contributed by atoms with van der Waals surface area (Å²) in [6.07, 6.45) is 1.74. The van der Waals surface area contributed by atoms with Gasteiger partial charge in [0.1, 0.15) is 15.7 Å². The Morgan fingerprint density at radius 2 is 2.04 bits per heavy atom. The Labute approximate surface area is 156 Å². The summed E-state index contributed by atoms with van der Waals surface area (Å²) in [6, 6.07) is 5.00. The second kappa shape index (κ2) is 10.5. The van der Waals surface area contributed by atoms with Gasteiger partial charge >= 0.3 is 0 Å². The van der Waals surface area contributed by atoms with Gasteiger partial charge in [0.2, 0.25) is 0 Å². The molecule has 0 aromatic heterocycles. The predicted octanol–water partition coefficient (Wildman–Crippen LogP) is 1.77. The van der Waals surface area contributed by atoms with E-state index in [4.69, 9.17) is 0 Å². The molecule has 6 nitrogen and oxygen atoms in total. The molecular weight excluding hydrogens is 355 g/mol. The third-order valence-electron chi connectivity index (χ3n) is 3.67. The zero-order valence-electron chi connectivity index (χ0n) is 16.3. The molecule has 0 amide bonds. The van der Waals surface area contributed by atoms with E-state index in [-0.39, 0.29) is 17.6 Å². The normalized spacial score (nSPS) is 13.7. The highest BCUT2D eigenvalue weighted by atomic mass is 32.2. The van der Waals surface area contributed by atoms with E-state index in [1.54, 1.807) is 6.07 Å². The SMILES string of the molecule is CCNC(=NCc1ccc(F)c(CN(C)C)c1)NC(C)CCS(C)(=O)=O. The van der Waals surface area contributed by atoms with E-state index < -0.39 is 9.84 Å². The molecule has 1 rings (SSSR count). The highest BCUT2D eigenvalue weighted by Gasteiger charge is 2.10. The maximum Gasteiger partial charge on any atom is 0.191 e. The summed E-state index contributed by atoms with van der Waals surface area (Å²) in [4.78, 5) is 6.44. The average molecular weight is 387 g/mol. The molecule has 26 heavy (non-hydrogen) atoms. The summed E-state index contributed by atoms with van der Waals surface area (Å²) >= 11 is 0. The van der Waals surface area contributed by atoms with Crippen molar-refractivity contribution in [1.82, 2.24) is 15.5 Å². The third kappa shape index (κ3) is 9.15. The van der Waals surface area contributed by atoms with Crippen LogP contribution in [0.2, 0.25) is 0 Å². The Balaban J connectivity index is 2.76. The van der Waals surface area contributed by atoms with E-state index in [2.05, 4.69) is 15.6 Å². The highest BCUT2D eigenvalue weighted by molar-refractivity contribution is 7.90. The molecule has 2 N–H and O–H groups in total. The van der Waals surface area contributed by atoms with Crippen molar-refractivity contribution >= 4 is 15.8 Å². The molecule has 0 saturated carbocycles. The van der Waals surface area contributed by atoms with Gasteiger partial charge < -0.3 is 15.5 Å². The van der Waals surface area contributed by atoms with Gasteiger partial charge in [-0.15, -0.1) is 0 Å². The minimum Gasteiger partial charge on any atom is -0.357 e. The Bertz CT molecular complexity index is 705. The van der Waals surface area contributed by atoms with Crippen molar-refractivity contribution in [2.75, 3.05) is 32.6 Å². The molecule has 0 heterocycles. The molecule has 0 aliphatic heterocycles. The van der Waals surface area contributed by atoms with Gasteiger partial charge in [-0.2, -0.15) is 0 Å². The molecule has 8 heteroatoms. The van der Waals surface area contributed by atoms with Crippen LogP contribution in [0.3, 0.4) is 0 Å². The number of guanidine groups is 1. The third-order valence-corrected chi connectivity index (χ3v) is 4.64. The van der Waals surface area contributed by atoms with Crippen LogP contribution >= 0.6 is 0 Å². The first-order chi connectivity index (χ1) is 12.1. The van der Waals surface area contributed by atoms with Crippen LogP contribution < -0.4 is 10.6 Å². The molecule has 0 radical (unpaired) electrons. The van der Waals surface area contributed by atoms with Crippen LogP contribution in [-0.4, -0.2) is 58.0 Å². The quantitative estimate of drug-likeness (QED) is 0.500. The lowest BCUT2D eigenvalue weighted by molar-refractivity contribution is 0.392. The molecule has 0 bridgehead atoms. The smallest absolute Gasteiger partial charge is 0.191 e. The van der Waals surface area contributed by atoms with Crippen molar-refractivity contribution in [3.8, 4) is 0 Å². The zero-order chi connectivity index (χ0) is 19.7. The van der Waals surface area contributed by atoms with Crippen molar-refractivity contribution in [2.45, 2.75) is 39.4 Å². The minimum absolute atomic E-state index is 0.0277.